The standard InChI is InChI=1S/C13H15N5O4S/c1-2-22-12(19)9(7-14)8-17-10-3-5-11(6-4-10)23(20,21)18-13(15)16/h3-6,8,17H,2H2,1H3,(H4,15,16,18)/b9-8+. The highest BCUT2D eigenvalue weighted by molar-refractivity contribution is 7.90. The van der Waals surface area contributed by atoms with Gasteiger partial charge in [-0.25, -0.2) is 4.79 Å². The molecular weight excluding hydrogens is 322 g/mol. The topological polar surface area (TPSA) is 161 Å². The van der Waals surface area contributed by atoms with Gasteiger partial charge in [-0.2, -0.15) is 13.7 Å². The number of nitrogens with zero attached hydrogens (tertiary/aromatic N) is 2. The lowest BCUT2D eigenvalue weighted by atomic mass is 10.3. The molecule has 0 amide bonds. The second-order valence-corrected chi connectivity index (χ2v) is 5.65. The number of guanidine groups is 1. The van der Waals surface area contributed by atoms with Gasteiger partial charge in [0.15, 0.2) is 5.57 Å². The number of hydrogen-bond acceptors (Lipinski definition) is 6. The quantitative estimate of drug-likeness (QED) is 0.215. The molecule has 0 aromatic heterocycles. The number of nitrogens with two attached hydrogens (primary N) is 2. The highest BCUT2D eigenvalue weighted by atomic mass is 32.2. The SMILES string of the molecule is CCOC(=O)/C(C#N)=C/Nc1ccc(S(=O)(=O)N=C(N)N)cc1. The van der Waals surface area contributed by atoms with Crippen LogP contribution in [0, 0.1) is 11.3 Å². The van der Waals surface area contributed by atoms with Crippen molar-refractivity contribution in [2.45, 2.75) is 11.8 Å². The van der Waals surface area contributed by atoms with Crippen molar-refractivity contribution >= 4 is 27.6 Å². The molecule has 0 unspecified atom stereocenters. The van der Waals surface area contributed by atoms with E-state index in [1.54, 1.807) is 13.0 Å². The third kappa shape index (κ3) is 5.33. The first kappa shape index (κ1) is 18.0. The van der Waals surface area contributed by atoms with E-state index in [0.29, 0.717) is 5.69 Å². The van der Waals surface area contributed by atoms with Crippen LogP contribution in [-0.2, 0) is 19.6 Å². The van der Waals surface area contributed by atoms with Crippen LogP contribution in [0.4, 0.5) is 5.69 Å². The molecule has 10 heteroatoms. The Morgan fingerprint density at radius 1 is 1.39 bits per heavy atom. The van der Waals surface area contributed by atoms with Crippen LogP contribution in [0.1, 0.15) is 6.92 Å². The van der Waals surface area contributed by atoms with E-state index in [9.17, 15) is 13.2 Å². The molecule has 0 aliphatic heterocycles. The van der Waals surface area contributed by atoms with E-state index in [2.05, 4.69) is 9.71 Å². The second kappa shape index (κ2) is 7.81. The van der Waals surface area contributed by atoms with Crippen LogP contribution in [-0.4, -0.2) is 27.0 Å². The predicted octanol–water partition coefficient (Wildman–Crippen LogP) is 0.0312. The van der Waals surface area contributed by atoms with Crippen molar-refractivity contribution in [3.05, 3.63) is 36.0 Å². The minimum atomic E-state index is -3.96. The summed E-state index contributed by atoms with van der Waals surface area (Å²) >= 11 is 0. The van der Waals surface area contributed by atoms with E-state index >= 15 is 0 Å². The average Bonchev–Trinajstić information content (AvgIpc) is 2.47. The van der Waals surface area contributed by atoms with E-state index in [4.69, 9.17) is 21.5 Å². The number of anilines is 1. The summed E-state index contributed by atoms with van der Waals surface area (Å²) < 4.78 is 31.3. The molecule has 23 heavy (non-hydrogen) atoms. The first-order chi connectivity index (χ1) is 10.8. The summed E-state index contributed by atoms with van der Waals surface area (Å²) in [4.78, 5) is 11.3. The van der Waals surface area contributed by atoms with E-state index < -0.39 is 22.0 Å². The largest absolute Gasteiger partial charge is 0.462 e. The van der Waals surface area contributed by atoms with Crippen molar-refractivity contribution in [3.63, 3.8) is 0 Å². The molecule has 0 bridgehead atoms. The molecule has 5 N–H and O–H groups in total. The fraction of sp³-hybridized carbons (Fsp3) is 0.154. The lowest BCUT2D eigenvalue weighted by Gasteiger charge is -2.04. The zero-order valence-electron chi connectivity index (χ0n) is 12.2. The van der Waals surface area contributed by atoms with Gasteiger partial charge in [-0.05, 0) is 31.2 Å². The number of carbonyl (C=O) groups excluding carboxylic acids is 1. The Morgan fingerprint density at radius 2 is 2.00 bits per heavy atom. The Morgan fingerprint density at radius 3 is 2.48 bits per heavy atom. The molecule has 0 heterocycles. The fourth-order valence-electron chi connectivity index (χ4n) is 1.42. The van der Waals surface area contributed by atoms with E-state index in [1.807, 2.05) is 0 Å². The molecule has 0 atom stereocenters. The number of nitriles is 1. The van der Waals surface area contributed by atoms with Gasteiger partial charge in [0.2, 0.25) is 5.96 Å². The number of sulfonamides is 1. The van der Waals surface area contributed by atoms with Gasteiger partial charge in [0.25, 0.3) is 10.0 Å². The molecule has 0 radical (unpaired) electrons. The number of hydrogen-bond donors (Lipinski definition) is 3. The molecule has 0 fully saturated rings. The van der Waals surface area contributed by atoms with E-state index in [-0.39, 0.29) is 17.1 Å². The fourth-order valence-corrected chi connectivity index (χ4v) is 2.28. The summed E-state index contributed by atoms with van der Waals surface area (Å²) in [7, 11) is -3.96. The van der Waals surface area contributed by atoms with Crippen molar-refractivity contribution in [1.29, 1.82) is 5.26 Å². The maximum atomic E-state index is 11.7. The highest BCUT2D eigenvalue weighted by Crippen LogP contribution is 2.16. The second-order valence-electron chi connectivity index (χ2n) is 4.05. The zero-order valence-corrected chi connectivity index (χ0v) is 13.0. The van der Waals surface area contributed by atoms with Gasteiger partial charge in [0.05, 0.1) is 11.5 Å². The first-order valence-electron chi connectivity index (χ1n) is 6.30. The van der Waals surface area contributed by atoms with Crippen LogP contribution < -0.4 is 16.8 Å². The van der Waals surface area contributed by atoms with Crippen LogP contribution in [0.15, 0.2) is 45.3 Å². The van der Waals surface area contributed by atoms with Gasteiger partial charge < -0.3 is 21.5 Å². The van der Waals surface area contributed by atoms with Crippen molar-refractivity contribution in [2.75, 3.05) is 11.9 Å². The average molecular weight is 337 g/mol. The highest BCUT2D eigenvalue weighted by Gasteiger charge is 2.13. The predicted molar refractivity (Wildman–Crippen MR) is 83.4 cm³/mol. The third-order valence-electron chi connectivity index (χ3n) is 2.38. The number of benzene rings is 1. The number of nitrogens with one attached hydrogen (secondary N) is 1. The molecule has 122 valence electrons. The summed E-state index contributed by atoms with van der Waals surface area (Å²) in [6.45, 7) is 1.77. The molecule has 1 rings (SSSR count). The molecule has 0 aliphatic carbocycles. The number of rotatable bonds is 6. The lowest BCUT2D eigenvalue weighted by molar-refractivity contribution is -0.138. The van der Waals surface area contributed by atoms with Gasteiger partial charge in [-0.15, -0.1) is 4.40 Å². The molecule has 9 nitrogen and oxygen atoms in total. The van der Waals surface area contributed by atoms with Crippen LogP contribution in [0.3, 0.4) is 0 Å². The molecule has 0 spiro atoms. The summed E-state index contributed by atoms with van der Waals surface area (Å²) in [5.74, 6) is -1.32. The van der Waals surface area contributed by atoms with Crippen LogP contribution in [0.2, 0.25) is 0 Å². The molecule has 1 aromatic rings. The monoisotopic (exact) mass is 337 g/mol. The van der Waals surface area contributed by atoms with Crippen LogP contribution >= 0.6 is 0 Å². The lowest BCUT2D eigenvalue weighted by Crippen LogP contribution is -2.24. The van der Waals surface area contributed by atoms with Crippen LogP contribution in [0.5, 0.6) is 0 Å². The minimum absolute atomic E-state index is 0.105. The van der Waals surface area contributed by atoms with Crippen molar-refractivity contribution in [2.24, 2.45) is 15.9 Å². The molecular formula is C13H15N5O4S. The first-order valence-corrected chi connectivity index (χ1v) is 7.74. The Kier molecular flexibility index (Phi) is 6.11. The summed E-state index contributed by atoms with van der Waals surface area (Å²) in [5.41, 5.74) is 10.3. The smallest absolute Gasteiger partial charge is 0.350 e. The maximum absolute atomic E-state index is 11.7. The Balaban J connectivity index is 2.92. The number of ether oxygens (including phenoxy) is 1. The van der Waals surface area contributed by atoms with Gasteiger partial charge in [0, 0.05) is 11.9 Å². The third-order valence-corrected chi connectivity index (χ3v) is 3.70. The van der Waals surface area contributed by atoms with Crippen molar-refractivity contribution in [3.8, 4) is 6.07 Å². The summed E-state index contributed by atoms with van der Waals surface area (Å²) in [6.07, 6.45) is 1.16. The van der Waals surface area contributed by atoms with Gasteiger partial charge in [-0.1, -0.05) is 0 Å². The van der Waals surface area contributed by atoms with Gasteiger partial charge in [0.1, 0.15) is 6.07 Å². The van der Waals surface area contributed by atoms with Gasteiger partial charge >= 0.3 is 5.97 Å². The zero-order chi connectivity index (χ0) is 17.5. The van der Waals surface area contributed by atoms with Crippen molar-refractivity contribution in [1.82, 2.24) is 0 Å². The molecule has 0 aliphatic rings. The maximum Gasteiger partial charge on any atom is 0.350 e. The summed E-state index contributed by atoms with van der Waals surface area (Å²) in [6, 6.07) is 7.09. The van der Waals surface area contributed by atoms with Crippen molar-refractivity contribution < 1.29 is 17.9 Å². The Bertz CT molecular complexity index is 772. The number of esters is 1. The normalized spacial score (nSPS) is 11.2. The molecule has 1 aromatic carbocycles. The Labute approximate surface area is 133 Å². The van der Waals surface area contributed by atoms with E-state index in [0.717, 1.165) is 6.20 Å². The van der Waals surface area contributed by atoms with Gasteiger partial charge in [-0.3, -0.25) is 0 Å². The minimum Gasteiger partial charge on any atom is -0.462 e. The molecule has 0 saturated heterocycles. The Hall–Kier alpha value is -3.06. The molecule has 0 saturated carbocycles. The van der Waals surface area contributed by atoms with E-state index in [1.165, 1.54) is 24.3 Å². The summed E-state index contributed by atoms with van der Waals surface area (Å²) in [5, 5.41) is 11.5. The van der Waals surface area contributed by atoms with Crippen LogP contribution in [0.25, 0.3) is 0 Å². The number of carbonyl (C=O) groups is 1.